The maximum atomic E-state index is 11.0. The van der Waals surface area contributed by atoms with Crippen molar-refractivity contribution in [3.63, 3.8) is 0 Å². The zero-order valence-corrected chi connectivity index (χ0v) is 8.87. The summed E-state index contributed by atoms with van der Waals surface area (Å²) in [6.45, 7) is 0. The Balaban J connectivity index is 2.45. The molecule has 0 aromatic carbocycles. The van der Waals surface area contributed by atoms with Gasteiger partial charge in [-0.2, -0.15) is 5.10 Å². The van der Waals surface area contributed by atoms with Crippen LogP contribution in [0.15, 0.2) is 0 Å². The normalized spacial score (nSPS) is 17.1. The number of anilines is 1. The molecular formula is C9H12ClN3O2. The zero-order valence-electron chi connectivity index (χ0n) is 8.11. The first-order valence-corrected chi connectivity index (χ1v) is 5.26. The van der Waals surface area contributed by atoms with Gasteiger partial charge >= 0.3 is 5.97 Å². The van der Waals surface area contributed by atoms with Gasteiger partial charge in [0.25, 0.3) is 0 Å². The van der Waals surface area contributed by atoms with Crippen LogP contribution in [0.4, 0.5) is 5.82 Å². The first-order chi connectivity index (χ1) is 7.11. The van der Waals surface area contributed by atoms with E-state index in [1.165, 1.54) is 4.68 Å². The summed E-state index contributed by atoms with van der Waals surface area (Å²) in [7, 11) is 0. The molecule has 1 fully saturated rings. The fourth-order valence-corrected chi connectivity index (χ4v) is 2.24. The van der Waals surface area contributed by atoms with Crippen LogP contribution in [-0.4, -0.2) is 20.9 Å². The third-order valence-electron chi connectivity index (χ3n) is 2.75. The lowest BCUT2D eigenvalue weighted by Crippen LogP contribution is -2.14. The molecule has 0 bridgehead atoms. The summed E-state index contributed by atoms with van der Waals surface area (Å²) in [6.07, 6.45) is 4.08. The predicted molar refractivity (Wildman–Crippen MR) is 56.1 cm³/mol. The summed E-state index contributed by atoms with van der Waals surface area (Å²) in [5.41, 5.74) is 5.53. The number of nitrogens with zero attached hydrogens (tertiary/aromatic N) is 2. The largest absolute Gasteiger partial charge is 0.476 e. The van der Waals surface area contributed by atoms with Crippen molar-refractivity contribution in [1.29, 1.82) is 0 Å². The number of nitrogen functional groups attached to an aromatic ring is 1. The van der Waals surface area contributed by atoms with Crippen LogP contribution >= 0.6 is 11.6 Å². The molecule has 1 aromatic rings. The van der Waals surface area contributed by atoms with Gasteiger partial charge in [-0.3, -0.25) is 4.68 Å². The van der Waals surface area contributed by atoms with E-state index in [1.807, 2.05) is 0 Å². The minimum absolute atomic E-state index is 0.0149. The molecule has 1 aromatic heterocycles. The van der Waals surface area contributed by atoms with Gasteiger partial charge in [0, 0.05) is 0 Å². The second kappa shape index (κ2) is 3.73. The third-order valence-corrected chi connectivity index (χ3v) is 3.12. The third kappa shape index (κ3) is 1.67. The minimum Gasteiger partial charge on any atom is -0.476 e. The number of aromatic carboxylic acids is 1. The highest BCUT2D eigenvalue weighted by molar-refractivity contribution is 6.35. The summed E-state index contributed by atoms with van der Waals surface area (Å²) >= 11 is 5.80. The number of aromatic nitrogens is 2. The van der Waals surface area contributed by atoms with Gasteiger partial charge in [-0.25, -0.2) is 4.79 Å². The van der Waals surface area contributed by atoms with Gasteiger partial charge in [-0.05, 0) is 12.8 Å². The monoisotopic (exact) mass is 229 g/mol. The van der Waals surface area contributed by atoms with Gasteiger partial charge in [-0.15, -0.1) is 0 Å². The molecule has 1 heterocycles. The van der Waals surface area contributed by atoms with E-state index in [4.69, 9.17) is 22.4 Å². The Labute approximate surface area is 91.8 Å². The first-order valence-electron chi connectivity index (χ1n) is 4.88. The number of carboxylic acids is 1. The van der Waals surface area contributed by atoms with Gasteiger partial charge < -0.3 is 10.8 Å². The van der Waals surface area contributed by atoms with E-state index in [0.717, 1.165) is 25.7 Å². The lowest BCUT2D eigenvalue weighted by atomic mass is 10.2. The van der Waals surface area contributed by atoms with E-state index in [1.54, 1.807) is 0 Å². The Morgan fingerprint density at radius 2 is 2.13 bits per heavy atom. The molecule has 6 heteroatoms. The summed E-state index contributed by atoms with van der Waals surface area (Å²) in [5, 5.41) is 13.1. The Morgan fingerprint density at radius 1 is 1.53 bits per heavy atom. The van der Waals surface area contributed by atoms with Crippen LogP contribution in [0.1, 0.15) is 42.2 Å². The van der Waals surface area contributed by atoms with E-state index in [-0.39, 0.29) is 22.6 Å². The SMILES string of the molecule is Nc1nn(C2CCCC2)c(C(=O)O)c1Cl. The molecule has 0 unspecified atom stereocenters. The van der Waals surface area contributed by atoms with Crippen molar-refractivity contribution < 1.29 is 9.90 Å². The number of nitrogens with two attached hydrogens (primary N) is 1. The summed E-state index contributed by atoms with van der Waals surface area (Å²) in [5.74, 6) is -0.975. The summed E-state index contributed by atoms with van der Waals surface area (Å²) < 4.78 is 1.47. The molecule has 1 saturated carbocycles. The highest BCUT2D eigenvalue weighted by Crippen LogP contribution is 2.33. The molecule has 15 heavy (non-hydrogen) atoms. The topological polar surface area (TPSA) is 81.1 Å². The lowest BCUT2D eigenvalue weighted by molar-refractivity contribution is 0.0680. The molecule has 1 aliphatic carbocycles. The fourth-order valence-electron chi connectivity index (χ4n) is 2.04. The second-order valence-corrected chi connectivity index (χ2v) is 4.11. The van der Waals surface area contributed by atoms with E-state index >= 15 is 0 Å². The smallest absolute Gasteiger partial charge is 0.355 e. The van der Waals surface area contributed by atoms with Crippen LogP contribution in [0.25, 0.3) is 0 Å². The average Bonchev–Trinajstić information content (AvgIpc) is 2.75. The van der Waals surface area contributed by atoms with Gasteiger partial charge in [0.05, 0.1) is 6.04 Å². The lowest BCUT2D eigenvalue weighted by Gasteiger charge is -2.11. The molecular weight excluding hydrogens is 218 g/mol. The fraction of sp³-hybridized carbons (Fsp3) is 0.556. The van der Waals surface area contributed by atoms with Crippen molar-refractivity contribution >= 4 is 23.4 Å². The number of carboxylic acid groups (broad SMARTS) is 1. The molecule has 0 amide bonds. The van der Waals surface area contributed by atoms with Gasteiger partial charge in [0.2, 0.25) is 0 Å². The second-order valence-electron chi connectivity index (χ2n) is 3.74. The molecule has 5 nitrogen and oxygen atoms in total. The van der Waals surface area contributed by atoms with Gasteiger partial charge in [0.1, 0.15) is 5.02 Å². The Bertz CT molecular complexity index is 396. The average molecular weight is 230 g/mol. The van der Waals surface area contributed by atoms with Crippen molar-refractivity contribution in [3.05, 3.63) is 10.7 Å². The number of hydrogen-bond donors (Lipinski definition) is 2. The highest BCUT2D eigenvalue weighted by atomic mass is 35.5. The van der Waals surface area contributed by atoms with Gasteiger partial charge in [-0.1, -0.05) is 24.4 Å². The van der Waals surface area contributed by atoms with Crippen LogP contribution in [-0.2, 0) is 0 Å². The van der Waals surface area contributed by atoms with Gasteiger partial charge in [0.15, 0.2) is 11.5 Å². The Kier molecular flexibility index (Phi) is 2.56. The Hall–Kier alpha value is -1.23. The van der Waals surface area contributed by atoms with Crippen molar-refractivity contribution in [2.45, 2.75) is 31.7 Å². The van der Waals surface area contributed by atoms with E-state index < -0.39 is 5.97 Å². The summed E-state index contributed by atoms with van der Waals surface area (Å²) in [4.78, 5) is 11.0. The van der Waals surface area contributed by atoms with Crippen molar-refractivity contribution in [2.24, 2.45) is 0 Å². The molecule has 0 atom stereocenters. The maximum absolute atomic E-state index is 11.0. The van der Waals surface area contributed by atoms with Crippen molar-refractivity contribution in [3.8, 4) is 0 Å². The number of rotatable bonds is 2. The van der Waals surface area contributed by atoms with Crippen LogP contribution in [0.3, 0.4) is 0 Å². The molecule has 0 saturated heterocycles. The van der Waals surface area contributed by atoms with Crippen LogP contribution in [0.5, 0.6) is 0 Å². The van der Waals surface area contributed by atoms with E-state index in [2.05, 4.69) is 5.10 Å². The van der Waals surface area contributed by atoms with E-state index in [0.29, 0.717) is 0 Å². The van der Waals surface area contributed by atoms with Crippen molar-refractivity contribution in [1.82, 2.24) is 9.78 Å². The molecule has 0 radical (unpaired) electrons. The summed E-state index contributed by atoms with van der Waals surface area (Å²) in [6, 6.07) is 0.130. The number of hydrogen-bond acceptors (Lipinski definition) is 3. The number of halogens is 1. The molecule has 0 aliphatic heterocycles. The molecule has 1 aliphatic rings. The van der Waals surface area contributed by atoms with E-state index in [9.17, 15) is 4.79 Å². The maximum Gasteiger partial charge on any atom is 0.355 e. The minimum atomic E-state index is -1.07. The Morgan fingerprint density at radius 3 is 2.67 bits per heavy atom. The molecule has 0 spiro atoms. The zero-order chi connectivity index (χ0) is 11.0. The van der Waals surface area contributed by atoms with Crippen LogP contribution < -0.4 is 5.73 Å². The molecule has 82 valence electrons. The predicted octanol–water partition coefficient (Wildman–Crippen LogP) is 1.93. The first kappa shape index (κ1) is 10.3. The quantitative estimate of drug-likeness (QED) is 0.812. The van der Waals surface area contributed by atoms with Crippen molar-refractivity contribution in [2.75, 3.05) is 5.73 Å². The molecule has 2 rings (SSSR count). The van der Waals surface area contributed by atoms with Crippen LogP contribution in [0, 0.1) is 0 Å². The number of carbonyl (C=O) groups is 1. The standard InChI is InChI=1S/C9H12ClN3O2/c10-6-7(9(14)15)13(12-8(6)11)5-3-1-2-4-5/h5H,1-4H2,(H2,11,12)(H,14,15). The van der Waals surface area contributed by atoms with Crippen LogP contribution in [0.2, 0.25) is 5.02 Å². The molecule has 3 N–H and O–H groups in total. The highest BCUT2D eigenvalue weighted by Gasteiger charge is 2.27.